The molecule has 2 aromatic carbocycles. The Balaban J connectivity index is 2.02. The van der Waals surface area contributed by atoms with Gasteiger partial charge in [-0.25, -0.2) is 0 Å². The lowest BCUT2D eigenvalue weighted by Crippen LogP contribution is -2.11. The Labute approximate surface area is 123 Å². The highest BCUT2D eigenvalue weighted by molar-refractivity contribution is 6.15. The molecule has 3 aromatic rings. The van der Waals surface area contributed by atoms with E-state index in [0.29, 0.717) is 0 Å². The van der Waals surface area contributed by atoms with Crippen molar-refractivity contribution in [3.63, 3.8) is 0 Å². The standard InChI is InChI=1S/C18H15N3/c19-18-16-11-6-12-21(16)15-10-5-4-9-14(15)17(20-18)13-7-2-1-3-8-13/h1-12,18H,19H2/t18-/m1/s1. The number of nitrogens with zero attached hydrogens (tertiary/aromatic N) is 2. The van der Waals surface area contributed by atoms with Crippen molar-refractivity contribution in [2.24, 2.45) is 10.7 Å². The zero-order chi connectivity index (χ0) is 14.2. The van der Waals surface area contributed by atoms with Crippen molar-refractivity contribution in [1.29, 1.82) is 0 Å². The van der Waals surface area contributed by atoms with Gasteiger partial charge in [0.05, 0.1) is 17.1 Å². The zero-order valence-electron chi connectivity index (χ0n) is 11.5. The maximum Gasteiger partial charge on any atom is 0.139 e. The lowest BCUT2D eigenvalue weighted by molar-refractivity contribution is 0.728. The summed E-state index contributed by atoms with van der Waals surface area (Å²) in [6, 6.07) is 22.5. The van der Waals surface area contributed by atoms with Crippen molar-refractivity contribution in [2.45, 2.75) is 6.17 Å². The van der Waals surface area contributed by atoms with Crippen molar-refractivity contribution >= 4 is 5.71 Å². The number of aromatic nitrogens is 1. The monoisotopic (exact) mass is 273 g/mol. The molecule has 0 fully saturated rings. The second-order valence-corrected chi connectivity index (χ2v) is 5.11. The van der Waals surface area contributed by atoms with Crippen LogP contribution < -0.4 is 5.73 Å². The molecule has 0 aliphatic carbocycles. The first kappa shape index (κ1) is 12.1. The summed E-state index contributed by atoms with van der Waals surface area (Å²) >= 11 is 0. The Morgan fingerprint density at radius 3 is 2.48 bits per heavy atom. The fourth-order valence-corrected chi connectivity index (χ4v) is 2.84. The fourth-order valence-electron chi connectivity index (χ4n) is 2.84. The van der Waals surface area contributed by atoms with Crippen LogP contribution in [0.4, 0.5) is 0 Å². The van der Waals surface area contributed by atoms with Crippen molar-refractivity contribution in [1.82, 2.24) is 4.57 Å². The molecule has 0 saturated carbocycles. The molecule has 0 unspecified atom stereocenters. The van der Waals surface area contributed by atoms with Crippen LogP contribution >= 0.6 is 0 Å². The fraction of sp³-hybridized carbons (Fsp3) is 0.0556. The second kappa shape index (κ2) is 4.72. The van der Waals surface area contributed by atoms with E-state index in [1.165, 1.54) is 0 Å². The molecular formula is C18H15N3. The number of benzene rings is 2. The number of rotatable bonds is 1. The first-order chi connectivity index (χ1) is 10.3. The average Bonchev–Trinajstić information content (AvgIpc) is 2.99. The molecule has 2 heterocycles. The van der Waals surface area contributed by atoms with Crippen LogP contribution in [-0.4, -0.2) is 10.3 Å². The maximum atomic E-state index is 6.29. The molecule has 1 aliphatic heterocycles. The molecule has 3 nitrogen and oxygen atoms in total. The minimum Gasteiger partial charge on any atom is -0.317 e. The smallest absolute Gasteiger partial charge is 0.139 e. The summed E-state index contributed by atoms with van der Waals surface area (Å²) in [5.74, 6) is 0. The molecule has 2 N–H and O–H groups in total. The van der Waals surface area contributed by atoms with Crippen molar-refractivity contribution in [2.75, 3.05) is 0 Å². The molecule has 1 aliphatic rings. The summed E-state index contributed by atoms with van der Waals surface area (Å²) in [7, 11) is 0. The van der Waals surface area contributed by atoms with Gasteiger partial charge in [0.25, 0.3) is 0 Å². The Bertz CT molecular complexity index is 815. The van der Waals surface area contributed by atoms with Crippen LogP contribution in [0.5, 0.6) is 0 Å². The maximum absolute atomic E-state index is 6.29. The van der Waals surface area contributed by atoms with Crippen LogP contribution in [0.15, 0.2) is 77.9 Å². The molecular weight excluding hydrogens is 258 g/mol. The van der Waals surface area contributed by atoms with Gasteiger partial charge in [0.2, 0.25) is 0 Å². The predicted octanol–water partition coefficient (Wildman–Crippen LogP) is 3.29. The molecule has 102 valence electrons. The van der Waals surface area contributed by atoms with E-state index in [4.69, 9.17) is 10.7 Å². The Kier molecular flexibility index (Phi) is 2.72. The molecule has 1 atom stereocenters. The molecule has 0 saturated heterocycles. The van der Waals surface area contributed by atoms with Crippen LogP contribution in [0.25, 0.3) is 5.69 Å². The van der Waals surface area contributed by atoms with Gasteiger partial charge in [0, 0.05) is 17.3 Å². The van der Waals surface area contributed by atoms with Crippen LogP contribution in [0, 0.1) is 0 Å². The van der Waals surface area contributed by atoms with E-state index < -0.39 is 0 Å². The topological polar surface area (TPSA) is 43.3 Å². The van der Waals surface area contributed by atoms with Crippen LogP contribution in [0.3, 0.4) is 0 Å². The van der Waals surface area contributed by atoms with E-state index in [0.717, 1.165) is 28.2 Å². The van der Waals surface area contributed by atoms with Crippen LogP contribution in [0.1, 0.15) is 23.0 Å². The van der Waals surface area contributed by atoms with E-state index in [2.05, 4.69) is 28.8 Å². The third kappa shape index (κ3) is 1.90. The molecule has 1 aromatic heterocycles. The zero-order valence-corrected chi connectivity index (χ0v) is 11.5. The van der Waals surface area contributed by atoms with E-state index in [1.54, 1.807) is 0 Å². The van der Waals surface area contributed by atoms with Gasteiger partial charge in [-0.05, 0) is 18.2 Å². The quantitative estimate of drug-likeness (QED) is 0.726. The van der Waals surface area contributed by atoms with Crippen LogP contribution in [-0.2, 0) is 0 Å². The Morgan fingerprint density at radius 2 is 1.62 bits per heavy atom. The number of para-hydroxylation sites is 1. The molecule has 3 heteroatoms. The third-order valence-electron chi connectivity index (χ3n) is 3.82. The molecule has 0 bridgehead atoms. The summed E-state index contributed by atoms with van der Waals surface area (Å²) in [6.07, 6.45) is 1.68. The first-order valence-electron chi connectivity index (χ1n) is 7.00. The van der Waals surface area contributed by atoms with Gasteiger partial charge in [0.15, 0.2) is 0 Å². The number of fused-ring (bicyclic) bond motifs is 3. The number of nitrogens with two attached hydrogens (primary N) is 1. The highest BCUT2D eigenvalue weighted by Gasteiger charge is 2.21. The number of hydrogen-bond donors (Lipinski definition) is 1. The molecule has 0 amide bonds. The molecule has 0 radical (unpaired) electrons. The van der Waals surface area contributed by atoms with Gasteiger partial charge in [-0.3, -0.25) is 4.99 Å². The van der Waals surface area contributed by atoms with Crippen LogP contribution in [0.2, 0.25) is 0 Å². The van der Waals surface area contributed by atoms with Gasteiger partial charge in [-0.15, -0.1) is 0 Å². The number of hydrogen-bond acceptors (Lipinski definition) is 2. The lowest BCUT2D eigenvalue weighted by atomic mass is 10.0. The SMILES string of the molecule is N[C@@H]1N=C(c2ccccc2)c2ccccc2-n2cccc21. The summed E-state index contributed by atoms with van der Waals surface area (Å²) in [6.45, 7) is 0. The van der Waals surface area contributed by atoms with E-state index in [-0.39, 0.29) is 6.17 Å². The first-order valence-corrected chi connectivity index (χ1v) is 7.00. The summed E-state index contributed by atoms with van der Waals surface area (Å²) < 4.78 is 2.12. The van der Waals surface area contributed by atoms with E-state index in [9.17, 15) is 0 Å². The lowest BCUT2D eigenvalue weighted by Gasteiger charge is -2.11. The van der Waals surface area contributed by atoms with Crippen molar-refractivity contribution in [3.8, 4) is 5.69 Å². The highest BCUT2D eigenvalue weighted by Crippen LogP contribution is 2.28. The molecule has 4 rings (SSSR count). The minimum absolute atomic E-state index is 0.359. The summed E-state index contributed by atoms with van der Waals surface area (Å²) in [5.41, 5.74) is 11.6. The van der Waals surface area contributed by atoms with Gasteiger partial charge in [-0.2, -0.15) is 0 Å². The average molecular weight is 273 g/mol. The predicted molar refractivity (Wildman–Crippen MR) is 84.8 cm³/mol. The third-order valence-corrected chi connectivity index (χ3v) is 3.82. The second-order valence-electron chi connectivity index (χ2n) is 5.11. The molecule has 21 heavy (non-hydrogen) atoms. The summed E-state index contributed by atoms with van der Waals surface area (Å²) in [5, 5.41) is 0. The summed E-state index contributed by atoms with van der Waals surface area (Å²) in [4.78, 5) is 4.77. The minimum atomic E-state index is -0.359. The van der Waals surface area contributed by atoms with E-state index >= 15 is 0 Å². The van der Waals surface area contributed by atoms with Gasteiger partial charge >= 0.3 is 0 Å². The Hall–Kier alpha value is -2.65. The highest BCUT2D eigenvalue weighted by atomic mass is 15.1. The van der Waals surface area contributed by atoms with Gasteiger partial charge in [-0.1, -0.05) is 48.5 Å². The van der Waals surface area contributed by atoms with Gasteiger partial charge < -0.3 is 10.3 Å². The normalized spacial score (nSPS) is 16.6. The van der Waals surface area contributed by atoms with Gasteiger partial charge in [0.1, 0.15) is 6.17 Å². The Morgan fingerprint density at radius 1 is 0.857 bits per heavy atom. The van der Waals surface area contributed by atoms with E-state index in [1.807, 2.05) is 48.7 Å². The number of aliphatic imine (C=N–C) groups is 1. The largest absolute Gasteiger partial charge is 0.317 e. The molecule has 0 spiro atoms. The van der Waals surface area contributed by atoms with Crippen molar-refractivity contribution in [3.05, 3.63) is 89.7 Å². The van der Waals surface area contributed by atoms with Crippen molar-refractivity contribution < 1.29 is 0 Å².